The molecule has 1 atom stereocenters. The summed E-state index contributed by atoms with van der Waals surface area (Å²) in [6.45, 7) is 4.01. The van der Waals surface area contributed by atoms with Crippen LogP contribution in [-0.2, 0) is 4.74 Å². The lowest BCUT2D eigenvalue weighted by Crippen LogP contribution is -2.29. The molecular weight excluding hydrogens is 272 g/mol. The van der Waals surface area contributed by atoms with Crippen LogP contribution < -0.4 is 5.73 Å². The minimum atomic E-state index is -0.888. The second kappa shape index (κ2) is 6.89. The molecule has 0 bridgehead atoms. The molecule has 0 saturated heterocycles. The SMILES string of the molecule is CCCS[C@]1(CCC)OC(N)=C(C#N)C1=C(C#N)C#N. The Balaban J connectivity index is 3.47. The van der Waals surface area contributed by atoms with Gasteiger partial charge < -0.3 is 10.5 Å². The van der Waals surface area contributed by atoms with E-state index in [1.54, 1.807) is 0 Å². The number of thioether (sulfide) groups is 1. The Morgan fingerprint density at radius 3 is 2.35 bits per heavy atom. The first-order chi connectivity index (χ1) is 9.60. The van der Waals surface area contributed by atoms with Gasteiger partial charge in [-0.1, -0.05) is 20.3 Å². The van der Waals surface area contributed by atoms with Crippen LogP contribution in [0.4, 0.5) is 0 Å². The molecule has 1 rings (SSSR count). The van der Waals surface area contributed by atoms with Crippen molar-refractivity contribution in [3.8, 4) is 18.2 Å². The van der Waals surface area contributed by atoms with Gasteiger partial charge in [0, 0.05) is 6.42 Å². The first-order valence-electron chi connectivity index (χ1n) is 6.38. The molecule has 0 aromatic carbocycles. The minimum absolute atomic E-state index is 0.00236. The summed E-state index contributed by atoms with van der Waals surface area (Å²) in [7, 11) is 0. The van der Waals surface area contributed by atoms with Crippen LogP contribution in [-0.4, -0.2) is 10.7 Å². The Morgan fingerprint density at radius 1 is 1.25 bits per heavy atom. The van der Waals surface area contributed by atoms with Crippen LogP contribution in [0.25, 0.3) is 0 Å². The van der Waals surface area contributed by atoms with Crippen molar-refractivity contribution >= 4 is 11.8 Å². The molecule has 1 aliphatic heterocycles. The lowest BCUT2D eigenvalue weighted by molar-refractivity contribution is 0.125. The maximum Gasteiger partial charge on any atom is 0.204 e. The van der Waals surface area contributed by atoms with Gasteiger partial charge in [-0.15, -0.1) is 11.8 Å². The standard InChI is InChI=1S/C14H16N4OS/c1-3-5-14(20-6-4-2)12(10(7-15)8-16)11(9-17)13(18)19-14/h3-6,18H2,1-2H3/t14-/m0/s1. The summed E-state index contributed by atoms with van der Waals surface area (Å²) in [5.41, 5.74) is 6.12. The van der Waals surface area contributed by atoms with Crippen molar-refractivity contribution in [2.75, 3.05) is 5.75 Å². The van der Waals surface area contributed by atoms with E-state index in [1.807, 2.05) is 32.1 Å². The highest BCUT2D eigenvalue weighted by atomic mass is 32.2. The lowest BCUT2D eigenvalue weighted by Gasteiger charge is -2.29. The van der Waals surface area contributed by atoms with Crippen LogP contribution in [0, 0.1) is 34.0 Å². The molecule has 2 N–H and O–H groups in total. The molecule has 0 radical (unpaired) electrons. The number of allylic oxidation sites excluding steroid dienone is 1. The third-order valence-electron chi connectivity index (χ3n) is 2.86. The van der Waals surface area contributed by atoms with E-state index in [1.165, 1.54) is 11.8 Å². The molecule has 1 aliphatic rings. The van der Waals surface area contributed by atoms with Crippen molar-refractivity contribution in [3.63, 3.8) is 0 Å². The maximum absolute atomic E-state index is 9.24. The van der Waals surface area contributed by atoms with Crippen LogP contribution in [0.1, 0.15) is 33.1 Å². The lowest BCUT2D eigenvalue weighted by atomic mass is 9.95. The van der Waals surface area contributed by atoms with Gasteiger partial charge in [-0.3, -0.25) is 0 Å². The molecule has 0 unspecified atom stereocenters. The number of nitrogens with two attached hydrogens (primary N) is 1. The number of nitrogens with zero attached hydrogens (tertiary/aromatic N) is 3. The van der Waals surface area contributed by atoms with Crippen LogP contribution in [0.15, 0.2) is 22.6 Å². The van der Waals surface area contributed by atoms with Crippen LogP contribution >= 0.6 is 11.8 Å². The molecule has 0 aromatic heterocycles. The Labute approximate surface area is 123 Å². The van der Waals surface area contributed by atoms with Gasteiger partial charge in [0.05, 0.1) is 5.57 Å². The second-order valence-corrected chi connectivity index (χ2v) is 5.63. The first kappa shape index (κ1) is 16.0. The van der Waals surface area contributed by atoms with E-state index in [-0.39, 0.29) is 17.0 Å². The van der Waals surface area contributed by atoms with E-state index in [2.05, 4.69) is 0 Å². The van der Waals surface area contributed by atoms with Gasteiger partial charge in [0.1, 0.15) is 29.4 Å². The molecule has 0 spiro atoms. The van der Waals surface area contributed by atoms with Crippen molar-refractivity contribution < 1.29 is 4.74 Å². The summed E-state index contributed by atoms with van der Waals surface area (Å²) in [4.78, 5) is -0.888. The van der Waals surface area contributed by atoms with Crippen molar-refractivity contribution in [3.05, 3.63) is 22.6 Å². The third-order valence-corrected chi connectivity index (χ3v) is 4.43. The van der Waals surface area contributed by atoms with Crippen molar-refractivity contribution in [2.24, 2.45) is 5.73 Å². The average Bonchev–Trinajstić information content (AvgIpc) is 2.71. The predicted molar refractivity (Wildman–Crippen MR) is 76.6 cm³/mol. The highest BCUT2D eigenvalue weighted by Gasteiger charge is 2.47. The van der Waals surface area contributed by atoms with Crippen LogP contribution in [0.3, 0.4) is 0 Å². The Kier molecular flexibility index (Phi) is 5.50. The fraction of sp³-hybridized carbons (Fsp3) is 0.500. The van der Waals surface area contributed by atoms with Crippen molar-refractivity contribution in [2.45, 2.75) is 38.0 Å². The zero-order chi connectivity index (χ0) is 15.2. The zero-order valence-corrected chi connectivity index (χ0v) is 12.4. The molecule has 0 fully saturated rings. The van der Waals surface area contributed by atoms with Gasteiger partial charge >= 0.3 is 0 Å². The fourth-order valence-corrected chi connectivity index (χ4v) is 3.48. The quantitative estimate of drug-likeness (QED) is 0.779. The molecule has 5 nitrogen and oxygen atoms in total. The molecule has 0 aromatic rings. The molecular formula is C14H16N4OS. The van der Waals surface area contributed by atoms with Crippen molar-refractivity contribution in [1.82, 2.24) is 0 Å². The smallest absolute Gasteiger partial charge is 0.204 e. The molecule has 1 heterocycles. The summed E-state index contributed by atoms with van der Waals surface area (Å²) in [6.07, 6.45) is 2.30. The van der Waals surface area contributed by atoms with E-state index >= 15 is 0 Å². The van der Waals surface area contributed by atoms with E-state index < -0.39 is 4.93 Å². The summed E-state index contributed by atoms with van der Waals surface area (Å²) in [6, 6.07) is 5.66. The zero-order valence-electron chi connectivity index (χ0n) is 11.6. The molecule has 104 valence electrons. The number of hydrogen-bond donors (Lipinski definition) is 1. The highest BCUT2D eigenvalue weighted by Crippen LogP contribution is 2.49. The van der Waals surface area contributed by atoms with E-state index in [9.17, 15) is 5.26 Å². The Hall–Kier alpha value is -2.10. The van der Waals surface area contributed by atoms with Gasteiger partial charge in [0.2, 0.25) is 5.88 Å². The van der Waals surface area contributed by atoms with Gasteiger partial charge in [-0.25, -0.2) is 0 Å². The molecule has 6 heteroatoms. The summed E-state index contributed by atoms with van der Waals surface area (Å²) in [5.74, 6) is 0.794. The molecule has 0 aliphatic carbocycles. The van der Waals surface area contributed by atoms with E-state index in [0.717, 1.165) is 18.6 Å². The molecule has 20 heavy (non-hydrogen) atoms. The summed E-state index contributed by atoms with van der Waals surface area (Å²) in [5, 5.41) is 27.5. The predicted octanol–water partition coefficient (Wildman–Crippen LogP) is 2.69. The third kappa shape index (κ3) is 2.74. The normalized spacial score (nSPS) is 20.9. The monoisotopic (exact) mass is 288 g/mol. The second-order valence-electron chi connectivity index (χ2n) is 4.28. The number of rotatable bonds is 5. The van der Waals surface area contributed by atoms with Gasteiger partial charge in [-0.2, -0.15) is 15.8 Å². The molecule has 0 amide bonds. The minimum Gasteiger partial charge on any atom is -0.456 e. The Morgan fingerprint density at radius 2 is 1.90 bits per heavy atom. The number of nitriles is 3. The van der Waals surface area contributed by atoms with Gasteiger partial charge in [0.15, 0.2) is 4.93 Å². The van der Waals surface area contributed by atoms with Crippen molar-refractivity contribution in [1.29, 1.82) is 15.8 Å². The number of ether oxygens (including phenoxy) is 1. The largest absolute Gasteiger partial charge is 0.456 e. The summed E-state index contributed by atoms with van der Waals surface area (Å²) >= 11 is 1.49. The van der Waals surface area contributed by atoms with Gasteiger partial charge in [0.25, 0.3) is 0 Å². The van der Waals surface area contributed by atoms with E-state index in [4.69, 9.17) is 21.0 Å². The molecule has 0 saturated carbocycles. The van der Waals surface area contributed by atoms with Crippen LogP contribution in [0.5, 0.6) is 0 Å². The summed E-state index contributed by atoms with van der Waals surface area (Å²) < 4.78 is 5.73. The number of hydrogen-bond acceptors (Lipinski definition) is 6. The average molecular weight is 288 g/mol. The fourth-order valence-electron chi connectivity index (χ4n) is 2.10. The topological polar surface area (TPSA) is 107 Å². The van der Waals surface area contributed by atoms with Crippen LogP contribution in [0.2, 0.25) is 0 Å². The first-order valence-corrected chi connectivity index (χ1v) is 7.36. The van der Waals surface area contributed by atoms with Gasteiger partial charge in [-0.05, 0) is 12.2 Å². The van der Waals surface area contributed by atoms with E-state index in [0.29, 0.717) is 12.0 Å². The Bertz CT molecular complexity index is 557. The highest BCUT2D eigenvalue weighted by molar-refractivity contribution is 8.00. The maximum atomic E-state index is 9.24.